The standard InChI is InChI=1S/C24H21N7O2S/c32-23(19-5-1-2-7-25-19)26-11-15-10-20-22(34-15)13-27-24(29-20)31-8-9-33-21(14-31)16-4-3-6-18-17(16)12-28-30-18/h1-7,10,12-13,21H,8-9,11,14H2,(H,26,32)(H,28,30). The lowest BCUT2D eigenvalue weighted by Gasteiger charge is -2.33. The quantitative estimate of drug-likeness (QED) is 0.404. The van der Waals surface area contributed by atoms with Gasteiger partial charge in [-0.05, 0) is 29.8 Å². The summed E-state index contributed by atoms with van der Waals surface area (Å²) in [5.41, 5.74) is 3.38. The Morgan fingerprint density at radius 3 is 3.09 bits per heavy atom. The number of rotatable bonds is 5. The highest BCUT2D eigenvalue weighted by atomic mass is 32.1. The number of aromatic amines is 1. The fourth-order valence-electron chi connectivity index (χ4n) is 4.16. The number of benzene rings is 1. The number of carbonyl (C=O) groups is 1. The molecule has 9 nitrogen and oxygen atoms in total. The minimum absolute atomic E-state index is 0.0887. The molecule has 0 radical (unpaired) electrons. The van der Waals surface area contributed by atoms with Crippen LogP contribution in [-0.2, 0) is 11.3 Å². The number of aromatic nitrogens is 5. The summed E-state index contributed by atoms with van der Waals surface area (Å²) < 4.78 is 7.08. The molecule has 0 bridgehead atoms. The molecule has 1 amide bonds. The van der Waals surface area contributed by atoms with Gasteiger partial charge in [0.15, 0.2) is 0 Å². The average molecular weight is 472 g/mol. The fourth-order valence-corrected chi connectivity index (χ4v) is 5.08. The van der Waals surface area contributed by atoms with Crippen LogP contribution in [0, 0.1) is 0 Å². The topological polar surface area (TPSA) is 109 Å². The Kier molecular flexibility index (Phi) is 5.36. The van der Waals surface area contributed by atoms with Gasteiger partial charge in [-0.2, -0.15) is 5.10 Å². The number of carbonyl (C=O) groups excluding carboxylic acids is 1. The summed E-state index contributed by atoms with van der Waals surface area (Å²) in [4.78, 5) is 29.0. The molecule has 10 heteroatoms. The van der Waals surface area contributed by atoms with Crippen molar-refractivity contribution in [2.75, 3.05) is 24.6 Å². The van der Waals surface area contributed by atoms with Gasteiger partial charge in [0, 0.05) is 23.0 Å². The van der Waals surface area contributed by atoms with Crippen molar-refractivity contribution in [1.29, 1.82) is 0 Å². The van der Waals surface area contributed by atoms with E-state index in [1.165, 1.54) is 0 Å². The molecule has 5 heterocycles. The van der Waals surface area contributed by atoms with E-state index in [-0.39, 0.29) is 12.0 Å². The first-order valence-corrected chi connectivity index (χ1v) is 11.8. The summed E-state index contributed by atoms with van der Waals surface area (Å²) in [5, 5.41) is 11.2. The van der Waals surface area contributed by atoms with Gasteiger partial charge >= 0.3 is 0 Å². The maximum atomic E-state index is 12.3. The predicted octanol–water partition coefficient (Wildman–Crippen LogP) is 3.47. The molecule has 0 saturated carbocycles. The highest BCUT2D eigenvalue weighted by Gasteiger charge is 2.25. The molecule has 0 spiro atoms. The Labute approximate surface area is 198 Å². The van der Waals surface area contributed by atoms with E-state index >= 15 is 0 Å². The second-order valence-corrected chi connectivity index (χ2v) is 9.18. The Morgan fingerprint density at radius 2 is 2.18 bits per heavy atom. The van der Waals surface area contributed by atoms with Crippen molar-refractivity contribution >= 4 is 44.3 Å². The van der Waals surface area contributed by atoms with E-state index < -0.39 is 0 Å². The summed E-state index contributed by atoms with van der Waals surface area (Å²) in [5.74, 6) is 0.485. The van der Waals surface area contributed by atoms with E-state index in [4.69, 9.17) is 9.72 Å². The maximum Gasteiger partial charge on any atom is 0.270 e. The van der Waals surface area contributed by atoms with E-state index in [0.717, 1.165) is 38.1 Å². The van der Waals surface area contributed by atoms with Crippen molar-refractivity contribution in [3.8, 4) is 0 Å². The summed E-state index contributed by atoms with van der Waals surface area (Å²) >= 11 is 1.58. The van der Waals surface area contributed by atoms with Gasteiger partial charge in [-0.1, -0.05) is 18.2 Å². The number of morpholine rings is 1. The zero-order valence-corrected chi connectivity index (χ0v) is 19.0. The third-order valence-corrected chi connectivity index (χ3v) is 6.90. The Hall–Kier alpha value is -3.89. The minimum Gasteiger partial charge on any atom is -0.370 e. The van der Waals surface area contributed by atoms with Crippen molar-refractivity contribution in [2.45, 2.75) is 12.6 Å². The minimum atomic E-state index is -0.197. The molecular weight excluding hydrogens is 450 g/mol. The maximum absolute atomic E-state index is 12.3. The number of hydrogen-bond acceptors (Lipinski definition) is 8. The fraction of sp³-hybridized carbons (Fsp3) is 0.208. The highest BCUT2D eigenvalue weighted by molar-refractivity contribution is 7.18. The van der Waals surface area contributed by atoms with Gasteiger partial charge in [-0.15, -0.1) is 11.3 Å². The van der Waals surface area contributed by atoms with Crippen LogP contribution < -0.4 is 10.2 Å². The predicted molar refractivity (Wildman–Crippen MR) is 130 cm³/mol. The van der Waals surface area contributed by atoms with E-state index in [1.807, 2.05) is 30.6 Å². The molecule has 1 aliphatic heterocycles. The van der Waals surface area contributed by atoms with Gasteiger partial charge in [0.05, 0.1) is 47.8 Å². The summed E-state index contributed by atoms with van der Waals surface area (Å²) in [6, 6.07) is 13.4. The lowest BCUT2D eigenvalue weighted by atomic mass is 10.0. The first kappa shape index (κ1) is 20.7. The second-order valence-electron chi connectivity index (χ2n) is 8.01. The lowest BCUT2D eigenvalue weighted by molar-refractivity contribution is 0.0402. The van der Waals surface area contributed by atoms with Crippen molar-refractivity contribution < 1.29 is 9.53 Å². The van der Waals surface area contributed by atoms with Crippen molar-refractivity contribution in [2.24, 2.45) is 0 Å². The number of pyridine rings is 1. The molecule has 0 aliphatic carbocycles. The number of nitrogens with zero attached hydrogens (tertiary/aromatic N) is 5. The van der Waals surface area contributed by atoms with Crippen LogP contribution in [0.3, 0.4) is 0 Å². The molecule has 1 aromatic carbocycles. The van der Waals surface area contributed by atoms with Crippen LogP contribution in [0.2, 0.25) is 0 Å². The number of amides is 1. The highest BCUT2D eigenvalue weighted by Crippen LogP contribution is 2.31. The molecule has 1 atom stereocenters. The molecule has 1 fully saturated rings. The molecular formula is C24H21N7O2S. The Balaban J connectivity index is 1.18. The summed E-state index contributed by atoms with van der Waals surface area (Å²) in [6.07, 6.45) is 5.22. The van der Waals surface area contributed by atoms with Gasteiger partial charge < -0.3 is 15.0 Å². The van der Waals surface area contributed by atoms with Crippen LogP contribution in [0.25, 0.3) is 21.1 Å². The van der Waals surface area contributed by atoms with Crippen LogP contribution >= 0.6 is 11.3 Å². The van der Waals surface area contributed by atoms with Crippen LogP contribution in [-0.4, -0.2) is 50.8 Å². The number of fused-ring (bicyclic) bond motifs is 2. The van der Waals surface area contributed by atoms with Crippen LogP contribution in [0.5, 0.6) is 0 Å². The first-order chi connectivity index (χ1) is 16.7. The molecule has 1 aliphatic rings. The molecule has 1 unspecified atom stereocenters. The number of anilines is 1. The van der Waals surface area contributed by atoms with Crippen LogP contribution in [0.4, 0.5) is 5.95 Å². The van der Waals surface area contributed by atoms with Gasteiger partial charge in [0.2, 0.25) is 5.95 Å². The Morgan fingerprint density at radius 1 is 1.21 bits per heavy atom. The first-order valence-electron chi connectivity index (χ1n) is 11.0. The molecule has 4 aromatic heterocycles. The van der Waals surface area contributed by atoms with Crippen molar-refractivity contribution in [3.63, 3.8) is 0 Å². The zero-order chi connectivity index (χ0) is 22.9. The van der Waals surface area contributed by atoms with Crippen LogP contribution in [0.15, 0.2) is 61.1 Å². The van der Waals surface area contributed by atoms with E-state index in [9.17, 15) is 4.79 Å². The number of ether oxygens (including phenoxy) is 1. The monoisotopic (exact) mass is 471 g/mol. The van der Waals surface area contributed by atoms with E-state index in [2.05, 4.69) is 36.4 Å². The molecule has 1 saturated heterocycles. The van der Waals surface area contributed by atoms with Gasteiger partial charge in [-0.25, -0.2) is 9.97 Å². The second kappa shape index (κ2) is 8.81. The Bertz CT molecular complexity index is 1470. The number of thiophene rings is 1. The zero-order valence-electron chi connectivity index (χ0n) is 18.1. The summed E-state index contributed by atoms with van der Waals surface area (Å²) in [6.45, 7) is 2.39. The van der Waals surface area contributed by atoms with E-state index in [0.29, 0.717) is 31.3 Å². The lowest BCUT2D eigenvalue weighted by Crippen LogP contribution is -2.39. The van der Waals surface area contributed by atoms with E-state index in [1.54, 1.807) is 35.7 Å². The number of nitrogens with one attached hydrogen (secondary N) is 2. The molecule has 34 heavy (non-hydrogen) atoms. The molecule has 2 N–H and O–H groups in total. The van der Waals surface area contributed by atoms with Gasteiger partial charge in [-0.3, -0.25) is 14.9 Å². The SMILES string of the molecule is O=C(NCc1cc2nc(N3CCOC(c4cccc5[nH]ncc45)C3)ncc2s1)c1ccccn1. The number of hydrogen-bond donors (Lipinski definition) is 2. The van der Waals surface area contributed by atoms with Crippen molar-refractivity contribution in [1.82, 2.24) is 30.5 Å². The normalized spacial score (nSPS) is 16.2. The van der Waals surface area contributed by atoms with Crippen LogP contribution in [0.1, 0.15) is 27.0 Å². The molecule has 6 rings (SSSR count). The molecule has 170 valence electrons. The summed E-state index contributed by atoms with van der Waals surface area (Å²) in [7, 11) is 0. The van der Waals surface area contributed by atoms with Crippen molar-refractivity contribution in [3.05, 3.63) is 77.2 Å². The average Bonchev–Trinajstić information content (AvgIpc) is 3.54. The third-order valence-electron chi connectivity index (χ3n) is 5.84. The van der Waals surface area contributed by atoms with Gasteiger partial charge in [0.1, 0.15) is 11.8 Å². The third kappa shape index (κ3) is 3.97. The number of H-pyrrole nitrogens is 1. The smallest absolute Gasteiger partial charge is 0.270 e. The largest absolute Gasteiger partial charge is 0.370 e. The van der Waals surface area contributed by atoms with Gasteiger partial charge in [0.25, 0.3) is 5.91 Å². The molecule has 5 aromatic rings.